The molecule has 2 saturated carbocycles. The van der Waals surface area contributed by atoms with Gasteiger partial charge in [0.25, 0.3) is 35.5 Å². The molecule has 6 aliphatic rings. The monoisotopic (exact) mass is 1030 g/mol. The third kappa shape index (κ3) is 8.32. The Hall–Kier alpha value is -7.66. The maximum absolute atomic E-state index is 14.6. The highest BCUT2D eigenvalue weighted by atomic mass is 19.3. The summed E-state index contributed by atoms with van der Waals surface area (Å²) in [4.78, 5) is 80.9. The summed E-state index contributed by atoms with van der Waals surface area (Å²) in [5.74, 6) is -20.3. The van der Waals surface area contributed by atoms with Crippen LogP contribution < -0.4 is 26.2 Å². The van der Waals surface area contributed by atoms with E-state index in [4.69, 9.17) is 4.74 Å². The molecule has 3 aromatic carbocycles. The number of alkyl halides is 4. The summed E-state index contributed by atoms with van der Waals surface area (Å²) < 4.78 is 148. The van der Waals surface area contributed by atoms with Crippen LogP contribution in [-0.2, 0) is 32.8 Å². The topological polar surface area (TPSA) is 172 Å². The van der Waals surface area contributed by atoms with E-state index in [1.807, 2.05) is 0 Å². The number of benzene rings is 3. The molecule has 2 unspecified atom stereocenters. The van der Waals surface area contributed by atoms with Crippen molar-refractivity contribution in [1.82, 2.24) is 29.6 Å². The zero-order valence-electron chi connectivity index (χ0n) is 37.6. The minimum Gasteiger partial charge on any atom is -0.503 e. The smallest absolute Gasteiger partial charge is 0.275 e. The highest BCUT2D eigenvalue weighted by molar-refractivity contribution is 6.00. The number of hydrogen-bond acceptors (Lipinski definition) is 8. The average Bonchev–Trinajstić information content (AvgIpc) is 4.05. The van der Waals surface area contributed by atoms with Crippen LogP contribution in [0.1, 0.15) is 84.1 Å². The van der Waals surface area contributed by atoms with Crippen LogP contribution in [0.3, 0.4) is 0 Å². The van der Waals surface area contributed by atoms with Crippen molar-refractivity contribution in [2.45, 2.75) is 94.5 Å². The lowest BCUT2D eigenvalue weighted by atomic mass is 9.92. The molecule has 24 heteroatoms. The number of rotatable bonds is 9. The molecule has 14 nitrogen and oxygen atoms in total. The highest BCUT2D eigenvalue weighted by Gasteiger charge is 2.65. The van der Waals surface area contributed by atoms with Crippen LogP contribution in [0.5, 0.6) is 11.5 Å². The van der Waals surface area contributed by atoms with Gasteiger partial charge >= 0.3 is 0 Å². The Morgan fingerprint density at radius 1 is 0.630 bits per heavy atom. The van der Waals surface area contributed by atoms with Crippen molar-refractivity contribution in [1.29, 1.82) is 0 Å². The molecule has 6 atom stereocenters. The van der Waals surface area contributed by atoms with Gasteiger partial charge < -0.3 is 39.4 Å². The molecule has 2 aromatic heterocycles. The second-order valence-corrected chi connectivity index (χ2v) is 18.7. The third-order valence-electron chi connectivity index (χ3n) is 14.5. The Balaban J connectivity index is 0.000000171. The summed E-state index contributed by atoms with van der Waals surface area (Å²) in [7, 11) is 0. The van der Waals surface area contributed by atoms with Crippen molar-refractivity contribution >= 4 is 23.6 Å². The highest BCUT2D eigenvalue weighted by Crippen LogP contribution is 2.55. The summed E-state index contributed by atoms with van der Waals surface area (Å²) in [6.07, 6.45) is 1.33. The second kappa shape index (κ2) is 17.8. The Bertz CT molecular complexity index is 3250. The molecule has 4 amide bonds. The molecule has 4 bridgehead atoms. The molecule has 0 radical (unpaired) electrons. The van der Waals surface area contributed by atoms with E-state index >= 15 is 0 Å². The van der Waals surface area contributed by atoms with E-state index in [2.05, 4.69) is 10.6 Å². The van der Waals surface area contributed by atoms with Crippen LogP contribution in [0.2, 0.25) is 0 Å². The predicted molar refractivity (Wildman–Crippen MR) is 232 cm³/mol. The van der Waals surface area contributed by atoms with Gasteiger partial charge in [-0.1, -0.05) is 30.3 Å². The normalized spacial score (nSPS) is 23.3. The van der Waals surface area contributed by atoms with Gasteiger partial charge in [0.2, 0.25) is 10.9 Å². The fraction of sp³-hybridized carbons (Fsp3) is 0.347. The number of pyridine rings is 2. The predicted octanol–water partition coefficient (Wildman–Crippen LogP) is 6.18. The Morgan fingerprint density at radius 2 is 1.05 bits per heavy atom. The Kier molecular flexibility index (Phi) is 12.0. The fourth-order valence-corrected chi connectivity index (χ4v) is 11.2. The van der Waals surface area contributed by atoms with Gasteiger partial charge in [0.15, 0.2) is 22.9 Å². The van der Waals surface area contributed by atoms with E-state index < -0.39 is 183 Å². The first-order chi connectivity index (χ1) is 34.5. The number of halogens is 10. The van der Waals surface area contributed by atoms with Crippen LogP contribution in [0.25, 0.3) is 0 Å². The standard InChI is InChI=1S/C28H22F5N3O4.C21H16F5N3O4/c29-15-6-20(30)17(21(31)7-15)10-34-26(38)18-11-35-12-22-19-8-16(9-28(19,32)33)36(22)27(39)23(35)25(24(18)37)40-13-14-4-2-1-3-5-14;22-8-1-13(23)10(14(24)2-8)5-27-19(32)11-6-28-7-15-12-3-9(4-21(12,25)26)29(15)20(33)16(28)18(31)17(11)30/h1-7,11,16,19,22H,8-10,12-13H2,(H,34,38);1-2,6,9,12,15,31H,3-5,7H2,(H,27,32)/t16-,19?,22+;9-,12?,15+/m11/s1. The van der Waals surface area contributed by atoms with Crippen LogP contribution in [0.15, 0.2) is 76.6 Å². The maximum Gasteiger partial charge on any atom is 0.275 e. The Labute approximate surface area is 404 Å². The van der Waals surface area contributed by atoms with Crippen molar-refractivity contribution in [3.63, 3.8) is 0 Å². The zero-order chi connectivity index (χ0) is 52.2. The first-order valence-corrected chi connectivity index (χ1v) is 22.7. The number of carbonyl (C=O) groups excluding carboxylic acids is 4. The number of ether oxygens (including phenoxy) is 1. The summed E-state index contributed by atoms with van der Waals surface area (Å²) in [6.45, 7) is -1.82. The number of fused-ring (bicyclic) bond motifs is 12. The lowest BCUT2D eigenvalue weighted by Crippen LogP contribution is -2.56. The first kappa shape index (κ1) is 48.9. The number of piperidine rings is 2. The van der Waals surface area contributed by atoms with Crippen LogP contribution in [-0.4, -0.2) is 83.7 Å². The average molecular weight is 1030 g/mol. The van der Waals surface area contributed by atoms with Crippen molar-refractivity contribution < 1.29 is 72.9 Å². The van der Waals surface area contributed by atoms with E-state index in [9.17, 15) is 77.8 Å². The molecule has 4 fully saturated rings. The van der Waals surface area contributed by atoms with E-state index in [-0.39, 0.29) is 38.2 Å². The fourth-order valence-electron chi connectivity index (χ4n) is 11.2. The van der Waals surface area contributed by atoms with Gasteiger partial charge in [-0.3, -0.25) is 28.8 Å². The van der Waals surface area contributed by atoms with Crippen molar-refractivity contribution in [2.24, 2.45) is 11.8 Å². The molecule has 0 spiro atoms. The van der Waals surface area contributed by atoms with E-state index in [1.165, 1.54) is 14.4 Å². The second-order valence-electron chi connectivity index (χ2n) is 18.7. The molecular formula is C49H38F10N6O8. The summed E-state index contributed by atoms with van der Waals surface area (Å²) >= 11 is 0. The molecule has 3 N–H and O–H groups in total. The molecule has 5 aromatic rings. The molecule has 2 aliphatic carbocycles. The van der Waals surface area contributed by atoms with Crippen molar-refractivity contribution in [3.8, 4) is 11.5 Å². The van der Waals surface area contributed by atoms with Gasteiger partial charge in [-0.25, -0.2) is 43.9 Å². The molecular weight excluding hydrogens is 991 g/mol. The lowest BCUT2D eigenvalue weighted by Gasteiger charge is -2.43. The zero-order valence-corrected chi connectivity index (χ0v) is 37.6. The Morgan fingerprint density at radius 3 is 1.52 bits per heavy atom. The number of aromatic hydroxyl groups is 1. The van der Waals surface area contributed by atoms with E-state index in [0.29, 0.717) is 29.8 Å². The number of nitrogens with one attached hydrogen (secondary N) is 2. The van der Waals surface area contributed by atoms with Crippen molar-refractivity contribution in [3.05, 3.63) is 162 Å². The van der Waals surface area contributed by atoms with Crippen LogP contribution in [0, 0.1) is 46.7 Å². The summed E-state index contributed by atoms with van der Waals surface area (Å²) in [6, 6.07) is 7.41. The van der Waals surface area contributed by atoms with Gasteiger partial charge in [-0.05, 0) is 18.4 Å². The van der Waals surface area contributed by atoms with Gasteiger partial charge in [0.05, 0.1) is 12.1 Å². The number of aromatic nitrogens is 2. The number of hydrogen-bond donors (Lipinski definition) is 3. The molecule has 73 heavy (non-hydrogen) atoms. The van der Waals surface area contributed by atoms with Gasteiger partial charge in [0, 0.05) is 111 Å². The number of amides is 4. The first-order valence-electron chi connectivity index (χ1n) is 22.7. The number of nitrogens with zero attached hydrogens (tertiary/aromatic N) is 4. The van der Waals surface area contributed by atoms with Gasteiger partial charge in [0.1, 0.15) is 52.6 Å². The SMILES string of the molecule is O=C(NCc1c(F)cc(F)cc1F)c1cn2c(c(O)c1=O)C(=O)N1[C@@H]3CC([C@@H]1C2)C(F)(F)C3.O=C(NCc1c(F)cc(F)cc1F)c1cn2c(c(OCc3ccccc3)c1=O)C(=O)N1[C@@H]3CC([C@@H]1C2)C(F)(F)C3. The van der Waals surface area contributed by atoms with Crippen LogP contribution in [0.4, 0.5) is 43.9 Å². The minimum absolute atomic E-state index is 0.0959. The molecule has 382 valence electrons. The largest absolute Gasteiger partial charge is 0.503 e. The molecule has 2 saturated heterocycles. The van der Waals surface area contributed by atoms with Crippen LogP contribution >= 0.6 is 0 Å². The molecule has 6 heterocycles. The van der Waals surface area contributed by atoms with E-state index in [0.717, 1.165) is 17.0 Å². The molecule has 11 rings (SSSR count). The maximum atomic E-state index is 14.6. The van der Waals surface area contributed by atoms with E-state index in [1.54, 1.807) is 30.3 Å². The minimum atomic E-state index is -2.95. The van der Waals surface area contributed by atoms with Gasteiger partial charge in [-0.2, -0.15) is 0 Å². The lowest BCUT2D eigenvalue weighted by molar-refractivity contribution is -0.0895. The number of carbonyl (C=O) groups is 4. The van der Waals surface area contributed by atoms with Gasteiger partial charge in [-0.15, -0.1) is 0 Å². The third-order valence-corrected chi connectivity index (χ3v) is 14.5. The summed E-state index contributed by atoms with van der Waals surface area (Å²) in [5, 5.41) is 14.7. The summed E-state index contributed by atoms with van der Waals surface area (Å²) in [5.41, 5.74) is -4.45. The quantitative estimate of drug-likeness (QED) is 0.147. The van der Waals surface area contributed by atoms with Crippen molar-refractivity contribution in [2.75, 3.05) is 0 Å². The molecule has 4 aliphatic heterocycles.